The number of carbonyl (C=O) groups excluding carboxylic acids is 2. The molecule has 2 heterocycles. The zero-order chi connectivity index (χ0) is 18.5. The minimum absolute atomic E-state index is 0.130. The molecule has 2 aromatic rings. The third kappa shape index (κ3) is 4.28. The SMILES string of the molecule is O=C(O)CNC(=O)CC1SC(=NN=Cc2c[nH]c3ccccc23)NC1=O. The summed E-state index contributed by atoms with van der Waals surface area (Å²) in [5.74, 6) is -2.01. The van der Waals surface area contributed by atoms with Crippen molar-refractivity contribution in [1.29, 1.82) is 0 Å². The van der Waals surface area contributed by atoms with Crippen LogP contribution in [0.2, 0.25) is 0 Å². The highest BCUT2D eigenvalue weighted by Crippen LogP contribution is 2.22. The predicted octanol–water partition coefficient (Wildman–Crippen LogP) is 0.680. The summed E-state index contributed by atoms with van der Waals surface area (Å²) in [6.45, 7) is -0.478. The Balaban J connectivity index is 1.59. The topological polar surface area (TPSA) is 136 Å². The van der Waals surface area contributed by atoms with E-state index in [-0.39, 0.29) is 12.3 Å². The average molecular weight is 373 g/mol. The maximum Gasteiger partial charge on any atom is 0.322 e. The van der Waals surface area contributed by atoms with Crippen LogP contribution < -0.4 is 10.6 Å². The molecular formula is C16H15N5O4S. The van der Waals surface area contributed by atoms with Crippen LogP contribution >= 0.6 is 11.8 Å². The van der Waals surface area contributed by atoms with Gasteiger partial charge in [0.2, 0.25) is 11.8 Å². The first-order valence-corrected chi connectivity index (χ1v) is 8.54. The van der Waals surface area contributed by atoms with Gasteiger partial charge in [0.25, 0.3) is 0 Å². The lowest BCUT2D eigenvalue weighted by Crippen LogP contribution is -2.33. The molecule has 1 aliphatic heterocycles. The number of carboxylic acid groups (broad SMARTS) is 1. The number of fused-ring (bicyclic) bond motifs is 1. The summed E-state index contributed by atoms with van der Waals surface area (Å²) in [5, 5.41) is 21.9. The van der Waals surface area contributed by atoms with Crippen molar-refractivity contribution in [3.8, 4) is 0 Å². The maximum absolute atomic E-state index is 11.9. The van der Waals surface area contributed by atoms with Gasteiger partial charge in [-0.1, -0.05) is 30.0 Å². The van der Waals surface area contributed by atoms with Gasteiger partial charge in [-0.15, -0.1) is 5.10 Å². The van der Waals surface area contributed by atoms with Gasteiger partial charge in [0.1, 0.15) is 11.8 Å². The fourth-order valence-electron chi connectivity index (χ4n) is 2.35. The monoisotopic (exact) mass is 373 g/mol. The summed E-state index contributed by atoms with van der Waals surface area (Å²) in [4.78, 5) is 37.0. The molecule has 4 N–H and O–H groups in total. The Labute approximate surface area is 151 Å². The van der Waals surface area contributed by atoms with Crippen LogP contribution in [0.3, 0.4) is 0 Å². The maximum atomic E-state index is 11.9. The predicted molar refractivity (Wildman–Crippen MR) is 98.1 cm³/mol. The van der Waals surface area contributed by atoms with Crippen LogP contribution in [0.1, 0.15) is 12.0 Å². The van der Waals surface area contributed by atoms with E-state index >= 15 is 0 Å². The number of aliphatic carboxylic acids is 1. The van der Waals surface area contributed by atoms with Crippen LogP contribution in [-0.2, 0) is 14.4 Å². The summed E-state index contributed by atoms with van der Waals surface area (Å²) in [5.41, 5.74) is 1.85. The number of nitrogens with one attached hydrogen (secondary N) is 3. The van der Waals surface area contributed by atoms with E-state index in [0.29, 0.717) is 5.17 Å². The number of amidine groups is 1. The molecule has 1 fully saturated rings. The molecule has 0 bridgehead atoms. The molecule has 1 aromatic heterocycles. The molecule has 0 saturated carbocycles. The van der Waals surface area contributed by atoms with Gasteiger partial charge in [-0.2, -0.15) is 5.10 Å². The molecule has 1 saturated heterocycles. The van der Waals surface area contributed by atoms with Crippen LogP contribution in [0.25, 0.3) is 10.9 Å². The zero-order valence-corrected chi connectivity index (χ0v) is 14.2. The fourth-order valence-corrected chi connectivity index (χ4v) is 3.27. The Bertz CT molecular complexity index is 920. The van der Waals surface area contributed by atoms with Crippen molar-refractivity contribution in [2.45, 2.75) is 11.7 Å². The number of carboxylic acids is 1. The van der Waals surface area contributed by atoms with Crippen LogP contribution in [0, 0.1) is 0 Å². The number of hydrogen-bond acceptors (Lipinski definition) is 6. The summed E-state index contributed by atoms with van der Waals surface area (Å²) >= 11 is 1.08. The number of amides is 2. The van der Waals surface area contributed by atoms with E-state index < -0.39 is 23.7 Å². The molecule has 0 radical (unpaired) electrons. The number of nitrogens with zero attached hydrogens (tertiary/aromatic N) is 2. The molecule has 2 amide bonds. The highest BCUT2D eigenvalue weighted by atomic mass is 32.2. The van der Waals surface area contributed by atoms with Crippen molar-refractivity contribution in [1.82, 2.24) is 15.6 Å². The second-order valence-electron chi connectivity index (χ2n) is 5.41. The van der Waals surface area contributed by atoms with E-state index in [2.05, 4.69) is 25.8 Å². The van der Waals surface area contributed by atoms with Gasteiger partial charge in [0.15, 0.2) is 5.17 Å². The van der Waals surface area contributed by atoms with E-state index in [4.69, 9.17) is 5.11 Å². The van der Waals surface area contributed by atoms with Crippen LogP contribution in [0.4, 0.5) is 0 Å². The third-order valence-electron chi connectivity index (χ3n) is 3.55. The molecule has 26 heavy (non-hydrogen) atoms. The summed E-state index contributed by atoms with van der Waals surface area (Å²) < 4.78 is 0. The number of H-pyrrole nitrogens is 1. The molecule has 1 atom stereocenters. The zero-order valence-electron chi connectivity index (χ0n) is 13.4. The Kier molecular flexibility index (Phi) is 5.32. The van der Waals surface area contributed by atoms with Crippen LogP contribution in [0.15, 0.2) is 40.7 Å². The first-order valence-electron chi connectivity index (χ1n) is 7.66. The van der Waals surface area contributed by atoms with E-state index in [1.165, 1.54) is 0 Å². The number of benzene rings is 1. The Morgan fingerprint density at radius 3 is 2.96 bits per heavy atom. The Hall–Kier alpha value is -3.14. The second kappa shape index (κ2) is 7.83. The molecule has 3 rings (SSSR count). The van der Waals surface area contributed by atoms with Gasteiger partial charge < -0.3 is 20.7 Å². The minimum Gasteiger partial charge on any atom is -0.480 e. The number of aromatic nitrogens is 1. The molecular weight excluding hydrogens is 358 g/mol. The lowest BCUT2D eigenvalue weighted by atomic mass is 10.2. The standard InChI is InChI=1S/C16H15N5O4S/c22-13(18-8-14(23)24)5-12-15(25)20-16(26-12)21-19-7-9-6-17-11-4-2-1-3-10(9)11/h1-4,6-7,12,17H,5,8H2,(H,18,22)(H,23,24)(H,20,21,25). The summed E-state index contributed by atoms with van der Waals surface area (Å²) in [7, 11) is 0. The first-order chi connectivity index (χ1) is 12.5. The van der Waals surface area contributed by atoms with E-state index in [0.717, 1.165) is 28.2 Å². The molecule has 0 spiro atoms. The number of hydrogen-bond donors (Lipinski definition) is 4. The second-order valence-corrected chi connectivity index (χ2v) is 6.60. The van der Waals surface area contributed by atoms with Crippen LogP contribution in [-0.4, -0.2) is 51.1 Å². The van der Waals surface area contributed by atoms with Crippen molar-refractivity contribution < 1.29 is 19.5 Å². The van der Waals surface area contributed by atoms with Gasteiger partial charge in [0.05, 0.1) is 6.21 Å². The van der Waals surface area contributed by atoms with E-state index in [1.54, 1.807) is 6.21 Å². The normalized spacial score (nSPS) is 18.5. The van der Waals surface area contributed by atoms with Gasteiger partial charge >= 0.3 is 5.97 Å². The molecule has 0 aliphatic carbocycles. The minimum atomic E-state index is -1.14. The number of para-hydroxylation sites is 1. The van der Waals surface area contributed by atoms with E-state index in [9.17, 15) is 14.4 Å². The third-order valence-corrected chi connectivity index (χ3v) is 4.62. The smallest absolute Gasteiger partial charge is 0.322 e. The van der Waals surface area contributed by atoms with Crippen LogP contribution in [0.5, 0.6) is 0 Å². The van der Waals surface area contributed by atoms with Crippen molar-refractivity contribution in [3.05, 3.63) is 36.0 Å². The molecule has 1 aliphatic rings. The highest BCUT2D eigenvalue weighted by molar-refractivity contribution is 8.15. The van der Waals surface area contributed by atoms with Gasteiger partial charge in [-0.05, 0) is 6.07 Å². The number of thioether (sulfide) groups is 1. The van der Waals surface area contributed by atoms with E-state index in [1.807, 2.05) is 30.5 Å². The number of aromatic amines is 1. The highest BCUT2D eigenvalue weighted by Gasteiger charge is 2.32. The summed E-state index contributed by atoms with van der Waals surface area (Å²) in [6.07, 6.45) is 3.25. The van der Waals surface area contributed by atoms with Gasteiger partial charge in [0, 0.05) is 29.1 Å². The number of carbonyl (C=O) groups is 3. The average Bonchev–Trinajstić information content (AvgIpc) is 3.17. The van der Waals surface area contributed by atoms with Crippen molar-refractivity contribution in [3.63, 3.8) is 0 Å². The Morgan fingerprint density at radius 2 is 2.15 bits per heavy atom. The lowest BCUT2D eigenvalue weighted by Gasteiger charge is -2.04. The largest absolute Gasteiger partial charge is 0.480 e. The Morgan fingerprint density at radius 1 is 1.35 bits per heavy atom. The summed E-state index contributed by atoms with van der Waals surface area (Å²) in [6, 6.07) is 7.76. The fraction of sp³-hybridized carbons (Fsp3) is 0.188. The van der Waals surface area contributed by atoms with Crippen molar-refractivity contribution >= 4 is 51.8 Å². The van der Waals surface area contributed by atoms with Gasteiger partial charge in [-0.25, -0.2) is 0 Å². The van der Waals surface area contributed by atoms with Gasteiger partial charge in [-0.3, -0.25) is 14.4 Å². The lowest BCUT2D eigenvalue weighted by molar-refractivity contribution is -0.137. The molecule has 10 heteroatoms. The number of rotatable bonds is 6. The van der Waals surface area contributed by atoms with Crippen molar-refractivity contribution in [2.75, 3.05) is 6.54 Å². The first kappa shape index (κ1) is 17.7. The molecule has 1 aromatic carbocycles. The van der Waals surface area contributed by atoms with Crippen molar-refractivity contribution in [2.24, 2.45) is 10.2 Å². The molecule has 9 nitrogen and oxygen atoms in total. The molecule has 1 unspecified atom stereocenters. The quantitative estimate of drug-likeness (QED) is 0.436. The molecule has 134 valence electrons.